The summed E-state index contributed by atoms with van der Waals surface area (Å²) in [5.74, 6) is 0.0634. The number of halogens is 1. The average molecular weight is 452 g/mol. The maximum atomic E-state index is 12.3. The quantitative estimate of drug-likeness (QED) is 0.517. The van der Waals surface area contributed by atoms with E-state index in [-0.39, 0.29) is 11.5 Å². The van der Waals surface area contributed by atoms with Crippen LogP contribution in [0.15, 0.2) is 35.1 Å². The molecule has 1 unspecified atom stereocenters. The largest absolute Gasteiger partial charge is 0.354 e. The van der Waals surface area contributed by atoms with Gasteiger partial charge < -0.3 is 15.6 Å². The lowest BCUT2D eigenvalue weighted by Gasteiger charge is -2.24. The lowest BCUT2D eigenvalue weighted by molar-refractivity contribution is 0.0958. The molecule has 3 N–H and O–H groups in total. The van der Waals surface area contributed by atoms with Gasteiger partial charge in [0.15, 0.2) is 0 Å². The lowest BCUT2D eigenvalue weighted by atomic mass is 9.89. The summed E-state index contributed by atoms with van der Waals surface area (Å²) in [5.41, 5.74) is 5.86. The zero-order valence-corrected chi connectivity index (χ0v) is 19.1. The molecule has 0 saturated carbocycles. The summed E-state index contributed by atoms with van der Waals surface area (Å²) in [6, 6.07) is 7.33. The number of fused-ring (bicyclic) bond motifs is 1. The molecule has 1 aliphatic heterocycles. The van der Waals surface area contributed by atoms with Gasteiger partial charge in [-0.3, -0.25) is 9.59 Å². The van der Waals surface area contributed by atoms with Crippen LogP contribution in [0.25, 0.3) is 16.6 Å². The van der Waals surface area contributed by atoms with Crippen molar-refractivity contribution in [3.05, 3.63) is 73.9 Å². The Morgan fingerprint density at radius 1 is 1.25 bits per heavy atom. The summed E-state index contributed by atoms with van der Waals surface area (Å²) in [6.45, 7) is 5.75. The first-order chi connectivity index (χ1) is 15.4. The third kappa shape index (κ3) is 4.31. The summed E-state index contributed by atoms with van der Waals surface area (Å²) in [6.07, 6.45) is 3.17. The van der Waals surface area contributed by atoms with Crippen LogP contribution in [0.4, 0.5) is 0 Å². The Bertz CT molecular complexity index is 1280. The second kappa shape index (κ2) is 9.22. The Morgan fingerprint density at radius 3 is 2.78 bits per heavy atom. The Morgan fingerprint density at radius 2 is 2.06 bits per heavy atom. The number of amides is 1. The first-order valence-corrected chi connectivity index (χ1v) is 11.1. The number of nitrogens with zero attached hydrogens (tertiary/aromatic N) is 2. The van der Waals surface area contributed by atoms with Crippen LogP contribution in [0.3, 0.4) is 0 Å². The zero-order valence-electron chi connectivity index (χ0n) is 18.4. The van der Waals surface area contributed by atoms with E-state index in [1.165, 1.54) is 5.57 Å². The Hall–Kier alpha value is -3.03. The van der Waals surface area contributed by atoms with Crippen molar-refractivity contribution in [2.75, 3.05) is 20.1 Å². The van der Waals surface area contributed by atoms with Gasteiger partial charge in [0.2, 0.25) is 0 Å². The number of hydrogen-bond donors (Lipinski definition) is 3. The van der Waals surface area contributed by atoms with Gasteiger partial charge in [-0.15, -0.1) is 0 Å². The highest BCUT2D eigenvalue weighted by Crippen LogP contribution is 2.30. The molecule has 166 valence electrons. The summed E-state index contributed by atoms with van der Waals surface area (Å²) >= 11 is 6.55. The van der Waals surface area contributed by atoms with Crippen molar-refractivity contribution < 1.29 is 4.79 Å². The van der Waals surface area contributed by atoms with Crippen molar-refractivity contribution in [1.29, 1.82) is 0 Å². The van der Waals surface area contributed by atoms with E-state index in [1.807, 2.05) is 19.1 Å². The molecule has 0 saturated heterocycles. The molecule has 0 aromatic carbocycles. The Kier molecular flexibility index (Phi) is 6.39. The van der Waals surface area contributed by atoms with E-state index >= 15 is 0 Å². The minimum Gasteiger partial charge on any atom is -0.354 e. The zero-order chi connectivity index (χ0) is 22.8. The van der Waals surface area contributed by atoms with Crippen LogP contribution in [0, 0.1) is 5.92 Å². The van der Waals surface area contributed by atoms with Crippen molar-refractivity contribution in [3.8, 4) is 0 Å². The van der Waals surface area contributed by atoms with Crippen molar-refractivity contribution >= 4 is 34.1 Å². The van der Waals surface area contributed by atoms with Crippen LogP contribution in [0.2, 0.25) is 5.15 Å². The average Bonchev–Trinajstić information content (AvgIpc) is 2.79. The molecule has 3 aromatic heterocycles. The van der Waals surface area contributed by atoms with Gasteiger partial charge in [0.05, 0.1) is 16.7 Å². The predicted molar refractivity (Wildman–Crippen MR) is 127 cm³/mol. The molecule has 1 amide bonds. The fourth-order valence-corrected chi connectivity index (χ4v) is 4.29. The molecule has 8 heteroatoms. The van der Waals surface area contributed by atoms with Crippen LogP contribution in [-0.2, 0) is 12.8 Å². The van der Waals surface area contributed by atoms with Crippen molar-refractivity contribution in [1.82, 2.24) is 25.6 Å². The molecule has 3 aromatic rings. The minimum atomic E-state index is -0.246. The number of hydrogen-bond acceptors (Lipinski definition) is 5. The van der Waals surface area contributed by atoms with Crippen molar-refractivity contribution in [3.63, 3.8) is 0 Å². The molecule has 1 atom stereocenters. The van der Waals surface area contributed by atoms with E-state index in [2.05, 4.69) is 38.6 Å². The van der Waals surface area contributed by atoms with E-state index in [0.29, 0.717) is 46.2 Å². The molecular weight excluding hydrogens is 426 g/mol. The topological polar surface area (TPSA) is 99.8 Å². The van der Waals surface area contributed by atoms with E-state index < -0.39 is 0 Å². The highest BCUT2D eigenvalue weighted by molar-refractivity contribution is 6.30. The highest BCUT2D eigenvalue weighted by Gasteiger charge is 2.21. The van der Waals surface area contributed by atoms with Gasteiger partial charge in [-0.05, 0) is 47.2 Å². The number of pyridine rings is 3. The molecular formula is C24H26ClN5O2. The number of rotatable bonds is 5. The summed E-state index contributed by atoms with van der Waals surface area (Å²) in [4.78, 5) is 36.6. The number of aryl methyl sites for hydroxylation is 1. The number of aromatic amines is 1. The molecule has 0 spiro atoms. The fraction of sp³-hybridized carbons (Fsp3) is 0.333. The van der Waals surface area contributed by atoms with Gasteiger partial charge in [-0.2, -0.15) is 0 Å². The van der Waals surface area contributed by atoms with Gasteiger partial charge in [-0.1, -0.05) is 37.6 Å². The summed E-state index contributed by atoms with van der Waals surface area (Å²) in [5, 5.41) is 6.35. The molecule has 4 heterocycles. The lowest BCUT2D eigenvalue weighted by Crippen LogP contribution is -2.27. The Balaban J connectivity index is 1.82. The second-order valence-electron chi connectivity index (χ2n) is 8.01. The van der Waals surface area contributed by atoms with Crippen LogP contribution < -0.4 is 16.2 Å². The molecule has 7 nitrogen and oxygen atoms in total. The van der Waals surface area contributed by atoms with Crippen LogP contribution >= 0.6 is 11.6 Å². The van der Waals surface area contributed by atoms with Crippen molar-refractivity contribution in [2.24, 2.45) is 5.92 Å². The highest BCUT2D eigenvalue weighted by atomic mass is 35.5. The molecule has 1 aliphatic rings. The fourth-order valence-electron chi connectivity index (χ4n) is 4.08. The summed E-state index contributed by atoms with van der Waals surface area (Å²) < 4.78 is 0. The van der Waals surface area contributed by atoms with E-state index in [9.17, 15) is 9.59 Å². The van der Waals surface area contributed by atoms with Gasteiger partial charge in [0, 0.05) is 32.1 Å². The second-order valence-corrected chi connectivity index (χ2v) is 8.37. The van der Waals surface area contributed by atoms with Crippen LogP contribution in [0.1, 0.15) is 46.7 Å². The van der Waals surface area contributed by atoms with Gasteiger partial charge >= 0.3 is 0 Å². The number of aromatic nitrogens is 3. The van der Waals surface area contributed by atoms with Crippen LogP contribution in [0.5, 0.6) is 0 Å². The number of carbonyl (C=O) groups excluding carboxylic acids is 1. The Labute approximate surface area is 191 Å². The van der Waals surface area contributed by atoms with Gasteiger partial charge in [-0.25, -0.2) is 9.97 Å². The van der Waals surface area contributed by atoms with Crippen molar-refractivity contribution in [2.45, 2.75) is 26.7 Å². The smallest absolute Gasteiger partial charge is 0.269 e. The first kappa shape index (κ1) is 22.2. The predicted octanol–water partition coefficient (Wildman–Crippen LogP) is 3.11. The van der Waals surface area contributed by atoms with Gasteiger partial charge in [0.1, 0.15) is 10.8 Å². The maximum absolute atomic E-state index is 12.3. The first-order valence-electron chi connectivity index (χ1n) is 10.8. The van der Waals surface area contributed by atoms with E-state index in [1.54, 1.807) is 19.2 Å². The molecule has 0 bridgehead atoms. The molecule has 0 radical (unpaired) electrons. The monoisotopic (exact) mass is 451 g/mol. The number of H-pyrrole nitrogens is 1. The van der Waals surface area contributed by atoms with Crippen LogP contribution in [-0.4, -0.2) is 41.0 Å². The number of nitrogens with one attached hydrogen (secondary N) is 3. The molecule has 32 heavy (non-hydrogen) atoms. The number of carbonyl (C=O) groups is 1. The SMILES string of the molecule is CCc1cc2nc(Cl)c(Cc3nc(C(=O)NC)ccc3C3=CCNCC3C)cc2[nH]c1=O. The standard InChI is InChI=1S/C24H26ClN5O2/c1-4-14-9-20-21(30-23(14)31)11-15(22(25)29-20)10-19-17(16-7-8-27-12-13(16)2)5-6-18(28-19)24(32)26-3/h5-7,9,11,13,27H,4,8,10,12H2,1-3H3,(H,26,32)(H,30,31). The third-order valence-electron chi connectivity index (χ3n) is 5.86. The van der Waals surface area contributed by atoms with Gasteiger partial charge in [0.25, 0.3) is 11.5 Å². The normalized spacial score (nSPS) is 16.1. The third-order valence-corrected chi connectivity index (χ3v) is 6.19. The van der Waals surface area contributed by atoms with E-state index in [0.717, 1.165) is 29.9 Å². The molecule has 0 aliphatic carbocycles. The van der Waals surface area contributed by atoms with E-state index in [4.69, 9.17) is 11.6 Å². The molecule has 4 rings (SSSR count). The summed E-state index contributed by atoms with van der Waals surface area (Å²) in [7, 11) is 1.58. The minimum absolute atomic E-state index is 0.121. The molecule has 0 fully saturated rings. The maximum Gasteiger partial charge on any atom is 0.269 e.